The average molecular weight is 214 g/mol. The molecule has 0 aliphatic rings. The van der Waals surface area contributed by atoms with Gasteiger partial charge in [-0.05, 0) is 18.0 Å². The number of carbonyl (C=O) groups excluding carboxylic acids is 1. The predicted molar refractivity (Wildman–Crippen MR) is 43.0 cm³/mol. The molecule has 0 aromatic heterocycles. The van der Waals surface area contributed by atoms with Crippen LogP contribution in [0.1, 0.15) is 20.3 Å². The molecule has 9 heavy (non-hydrogen) atoms. The normalized spacial score (nSPS) is 16.9. The molecule has 1 nitrogen and oxygen atoms in total. The van der Waals surface area contributed by atoms with E-state index in [0.717, 1.165) is 6.42 Å². The van der Waals surface area contributed by atoms with Crippen LogP contribution in [0.15, 0.2) is 0 Å². The smallest absolute Gasteiger partial charge is 0.224 e. The molecule has 0 spiro atoms. The van der Waals surface area contributed by atoms with Crippen molar-refractivity contribution in [1.82, 2.24) is 0 Å². The predicted octanol–water partition coefficient (Wildman–Crippen LogP) is 2.56. The molecule has 0 radical (unpaired) electrons. The molecular weight excluding hydrogens is 203 g/mol. The van der Waals surface area contributed by atoms with Crippen LogP contribution >= 0.6 is 27.5 Å². The molecule has 0 aromatic carbocycles. The van der Waals surface area contributed by atoms with E-state index in [2.05, 4.69) is 15.9 Å². The Morgan fingerprint density at radius 1 is 1.67 bits per heavy atom. The first-order valence-corrected chi connectivity index (χ1v) is 4.16. The van der Waals surface area contributed by atoms with E-state index in [0.29, 0.717) is 4.83 Å². The van der Waals surface area contributed by atoms with Gasteiger partial charge >= 0.3 is 0 Å². The first-order chi connectivity index (χ1) is 4.04. The van der Waals surface area contributed by atoms with E-state index in [1.165, 1.54) is 0 Å². The SMILES string of the molecule is CC(Br)CC(C)C(=O)Cl. The highest BCUT2D eigenvalue weighted by Crippen LogP contribution is 2.14. The zero-order valence-electron chi connectivity index (χ0n) is 5.53. The van der Waals surface area contributed by atoms with E-state index in [4.69, 9.17) is 11.6 Å². The van der Waals surface area contributed by atoms with Crippen LogP contribution in [-0.4, -0.2) is 10.1 Å². The Labute approximate surface area is 68.9 Å². The minimum absolute atomic E-state index is 0.0268. The minimum atomic E-state index is -0.249. The van der Waals surface area contributed by atoms with Gasteiger partial charge in [-0.2, -0.15) is 0 Å². The molecule has 2 unspecified atom stereocenters. The Bertz CT molecular complexity index is 103. The van der Waals surface area contributed by atoms with Gasteiger partial charge in [-0.25, -0.2) is 0 Å². The fraction of sp³-hybridized carbons (Fsp3) is 0.833. The van der Waals surface area contributed by atoms with E-state index >= 15 is 0 Å². The summed E-state index contributed by atoms with van der Waals surface area (Å²) in [6.07, 6.45) is 0.808. The fourth-order valence-corrected chi connectivity index (χ4v) is 1.23. The van der Waals surface area contributed by atoms with Gasteiger partial charge in [0.2, 0.25) is 5.24 Å². The summed E-state index contributed by atoms with van der Waals surface area (Å²) in [5.74, 6) is -0.0268. The third-order valence-electron chi connectivity index (χ3n) is 1.07. The number of rotatable bonds is 3. The van der Waals surface area contributed by atoms with Gasteiger partial charge in [-0.15, -0.1) is 0 Å². The third-order valence-corrected chi connectivity index (χ3v) is 1.81. The molecule has 0 aliphatic carbocycles. The van der Waals surface area contributed by atoms with E-state index in [9.17, 15) is 4.79 Å². The summed E-state index contributed by atoms with van der Waals surface area (Å²) < 4.78 is 0. The first kappa shape index (κ1) is 9.44. The second kappa shape index (κ2) is 4.29. The van der Waals surface area contributed by atoms with Crippen LogP contribution in [0.5, 0.6) is 0 Å². The summed E-state index contributed by atoms with van der Waals surface area (Å²) in [6, 6.07) is 0. The van der Waals surface area contributed by atoms with Crippen molar-refractivity contribution in [3.63, 3.8) is 0 Å². The maximum atomic E-state index is 10.4. The molecule has 0 amide bonds. The standard InChI is InChI=1S/C6H10BrClO/c1-4(6(8)9)3-5(2)7/h4-5H,3H2,1-2H3. The molecule has 54 valence electrons. The van der Waals surface area contributed by atoms with Gasteiger partial charge in [0.05, 0.1) is 0 Å². The fourth-order valence-electron chi connectivity index (χ4n) is 0.580. The van der Waals surface area contributed by atoms with Gasteiger partial charge in [0.25, 0.3) is 0 Å². The average Bonchev–Trinajstić information content (AvgIpc) is 1.63. The lowest BCUT2D eigenvalue weighted by atomic mass is 10.1. The molecule has 0 fully saturated rings. The zero-order valence-corrected chi connectivity index (χ0v) is 7.87. The number of hydrogen-bond acceptors (Lipinski definition) is 1. The van der Waals surface area contributed by atoms with Crippen LogP contribution < -0.4 is 0 Å². The molecule has 0 heterocycles. The van der Waals surface area contributed by atoms with E-state index in [-0.39, 0.29) is 11.2 Å². The highest BCUT2D eigenvalue weighted by atomic mass is 79.9. The zero-order chi connectivity index (χ0) is 7.44. The van der Waals surface area contributed by atoms with Crippen LogP contribution in [0.4, 0.5) is 0 Å². The quantitative estimate of drug-likeness (QED) is 0.520. The first-order valence-electron chi connectivity index (χ1n) is 2.87. The number of halogens is 2. The van der Waals surface area contributed by atoms with Gasteiger partial charge in [0.15, 0.2) is 0 Å². The van der Waals surface area contributed by atoms with Gasteiger partial charge in [-0.1, -0.05) is 29.8 Å². The molecule has 2 atom stereocenters. The van der Waals surface area contributed by atoms with Gasteiger partial charge in [-0.3, -0.25) is 4.79 Å². The molecule has 0 saturated carbocycles. The molecule has 0 N–H and O–H groups in total. The summed E-state index contributed by atoms with van der Waals surface area (Å²) in [6.45, 7) is 3.82. The lowest BCUT2D eigenvalue weighted by molar-refractivity contribution is -0.114. The van der Waals surface area contributed by atoms with E-state index in [1.54, 1.807) is 0 Å². The van der Waals surface area contributed by atoms with Crippen LogP contribution in [0.2, 0.25) is 0 Å². The van der Waals surface area contributed by atoms with Gasteiger partial charge in [0, 0.05) is 10.7 Å². The van der Waals surface area contributed by atoms with Crippen LogP contribution in [0.3, 0.4) is 0 Å². The number of alkyl halides is 1. The third kappa shape index (κ3) is 4.91. The highest BCUT2D eigenvalue weighted by Gasteiger charge is 2.11. The molecule has 0 aliphatic heterocycles. The highest BCUT2D eigenvalue weighted by molar-refractivity contribution is 9.09. The van der Waals surface area contributed by atoms with Crippen molar-refractivity contribution in [2.24, 2.45) is 5.92 Å². The lowest BCUT2D eigenvalue weighted by Crippen LogP contribution is -2.07. The molecule has 0 saturated heterocycles. The molecular formula is C6H10BrClO. The topological polar surface area (TPSA) is 17.1 Å². The number of hydrogen-bond donors (Lipinski definition) is 0. The van der Waals surface area contributed by atoms with Crippen molar-refractivity contribution >= 4 is 32.8 Å². The Morgan fingerprint density at radius 2 is 2.11 bits per heavy atom. The van der Waals surface area contributed by atoms with Crippen molar-refractivity contribution in [2.75, 3.05) is 0 Å². The van der Waals surface area contributed by atoms with Crippen LogP contribution in [0.25, 0.3) is 0 Å². The largest absolute Gasteiger partial charge is 0.281 e. The summed E-state index contributed by atoms with van der Waals surface area (Å²) in [5, 5.41) is -0.249. The van der Waals surface area contributed by atoms with Gasteiger partial charge in [0.1, 0.15) is 0 Å². The molecule has 3 heteroatoms. The summed E-state index contributed by atoms with van der Waals surface area (Å²) >= 11 is 8.54. The molecule has 0 bridgehead atoms. The molecule has 0 rings (SSSR count). The maximum Gasteiger partial charge on any atom is 0.224 e. The van der Waals surface area contributed by atoms with Crippen LogP contribution in [-0.2, 0) is 4.79 Å². The van der Waals surface area contributed by atoms with E-state index < -0.39 is 0 Å². The Morgan fingerprint density at radius 3 is 2.22 bits per heavy atom. The van der Waals surface area contributed by atoms with Crippen molar-refractivity contribution in [1.29, 1.82) is 0 Å². The summed E-state index contributed by atoms with van der Waals surface area (Å²) in [4.78, 5) is 10.8. The Balaban J connectivity index is 3.50. The second-order valence-electron chi connectivity index (χ2n) is 2.22. The monoisotopic (exact) mass is 212 g/mol. The van der Waals surface area contributed by atoms with Crippen molar-refractivity contribution in [2.45, 2.75) is 25.1 Å². The molecule has 0 aromatic rings. The van der Waals surface area contributed by atoms with Crippen molar-refractivity contribution in [3.8, 4) is 0 Å². The van der Waals surface area contributed by atoms with Gasteiger partial charge < -0.3 is 0 Å². The van der Waals surface area contributed by atoms with Crippen molar-refractivity contribution in [3.05, 3.63) is 0 Å². The Hall–Kier alpha value is 0.440. The lowest BCUT2D eigenvalue weighted by Gasteiger charge is -2.06. The van der Waals surface area contributed by atoms with Crippen molar-refractivity contribution < 1.29 is 4.79 Å². The van der Waals surface area contributed by atoms with Crippen LogP contribution in [0, 0.1) is 5.92 Å². The maximum absolute atomic E-state index is 10.4. The second-order valence-corrected chi connectivity index (χ2v) is 4.16. The number of carbonyl (C=O) groups is 1. The van der Waals surface area contributed by atoms with E-state index in [1.807, 2.05) is 13.8 Å². The summed E-state index contributed by atoms with van der Waals surface area (Å²) in [7, 11) is 0. The minimum Gasteiger partial charge on any atom is -0.281 e. The summed E-state index contributed by atoms with van der Waals surface area (Å²) in [5.41, 5.74) is 0. The Kier molecular flexibility index (Phi) is 4.50.